The molecule has 0 spiro atoms. The van der Waals surface area contributed by atoms with E-state index in [2.05, 4.69) is 4.99 Å². The Kier molecular flexibility index (Phi) is 5.35. The third-order valence-electron chi connectivity index (χ3n) is 3.60. The molecule has 25 heavy (non-hydrogen) atoms. The van der Waals surface area contributed by atoms with Gasteiger partial charge >= 0.3 is 0 Å². The van der Waals surface area contributed by atoms with Crippen LogP contribution in [0.4, 0.5) is 11.4 Å². The van der Waals surface area contributed by atoms with Gasteiger partial charge in [-0.2, -0.15) is 0 Å². The molecule has 0 saturated carbocycles. The second-order valence-electron chi connectivity index (χ2n) is 5.31. The summed E-state index contributed by atoms with van der Waals surface area (Å²) in [4.78, 5) is 29.4. The molecule has 0 unspecified atom stereocenters. The molecule has 2 aromatic carbocycles. The standard InChI is InChI=1S/C17H14ClN3O3S/c18-14-8-7-12(11-15(14)21(23)24)16(22)20-9-4-10-25-17(20)19-13-5-2-1-3-6-13/h1-3,5-8,11H,4,9-10H2. The summed E-state index contributed by atoms with van der Waals surface area (Å²) in [5, 5.41) is 11.7. The summed E-state index contributed by atoms with van der Waals surface area (Å²) in [6.45, 7) is 0.522. The maximum absolute atomic E-state index is 12.9. The molecule has 0 aliphatic carbocycles. The number of nitrogens with zero attached hydrogens (tertiary/aromatic N) is 3. The molecule has 1 aliphatic heterocycles. The van der Waals surface area contributed by atoms with E-state index in [4.69, 9.17) is 11.6 Å². The number of hydrogen-bond donors (Lipinski definition) is 0. The smallest absolute Gasteiger partial charge is 0.287 e. The second-order valence-corrected chi connectivity index (χ2v) is 6.78. The van der Waals surface area contributed by atoms with Gasteiger partial charge in [-0.25, -0.2) is 4.99 Å². The summed E-state index contributed by atoms with van der Waals surface area (Å²) in [5.74, 6) is 0.553. The van der Waals surface area contributed by atoms with Crippen molar-refractivity contribution >= 4 is 45.8 Å². The quantitative estimate of drug-likeness (QED) is 0.584. The summed E-state index contributed by atoms with van der Waals surface area (Å²) < 4.78 is 0. The summed E-state index contributed by atoms with van der Waals surface area (Å²) in [6, 6.07) is 13.5. The van der Waals surface area contributed by atoms with Crippen molar-refractivity contribution in [2.45, 2.75) is 6.42 Å². The van der Waals surface area contributed by atoms with Crippen LogP contribution in [0.1, 0.15) is 16.8 Å². The Morgan fingerprint density at radius 2 is 2.00 bits per heavy atom. The first-order valence-electron chi connectivity index (χ1n) is 7.58. The molecule has 0 N–H and O–H groups in total. The topological polar surface area (TPSA) is 75.8 Å². The van der Waals surface area contributed by atoms with Gasteiger partial charge in [0.05, 0.1) is 10.6 Å². The van der Waals surface area contributed by atoms with Crippen LogP contribution in [0.3, 0.4) is 0 Å². The van der Waals surface area contributed by atoms with Crippen molar-refractivity contribution in [1.82, 2.24) is 4.90 Å². The van der Waals surface area contributed by atoms with Crippen LogP contribution < -0.4 is 0 Å². The molecule has 6 nitrogen and oxygen atoms in total. The molecule has 2 aromatic rings. The number of amidine groups is 1. The van der Waals surface area contributed by atoms with E-state index in [-0.39, 0.29) is 22.2 Å². The summed E-state index contributed by atoms with van der Waals surface area (Å²) >= 11 is 7.32. The predicted molar refractivity (Wildman–Crippen MR) is 99.8 cm³/mol. The van der Waals surface area contributed by atoms with Gasteiger partial charge in [-0.15, -0.1) is 0 Å². The average molecular weight is 376 g/mol. The lowest BCUT2D eigenvalue weighted by atomic mass is 10.1. The minimum absolute atomic E-state index is 0.00717. The number of thioether (sulfide) groups is 1. The first-order chi connectivity index (χ1) is 12.1. The zero-order chi connectivity index (χ0) is 17.8. The number of carbonyl (C=O) groups is 1. The molecule has 0 bridgehead atoms. The maximum atomic E-state index is 12.9. The van der Waals surface area contributed by atoms with Crippen LogP contribution in [-0.2, 0) is 0 Å². The molecule has 0 radical (unpaired) electrons. The molecular weight excluding hydrogens is 362 g/mol. The van der Waals surface area contributed by atoms with Crippen molar-refractivity contribution in [2.75, 3.05) is 12.3 Å². The highest BCUT2D eigenvalue weighted by Gasteiger charge is 2.26. The SMILES string of the molecule is O=C(c1ccc(Cl)c([N+](=O)[O-])c1)N1CCCSC1=Nc1ccccc1. The van der Waals surface area contributed by atoms with E-state index in [1.165, 1.54) is 30.0 Å². The molecule has 1 aliphatic rings. The number of para-hydroxylation sites is 1. The van der Waals surface area contributed by atoms with Crippen LogP contribution in [-0.4, -0.2) is 33.2 Å². The summed E-state index contributed by atoms with van der Waals surface area (Å²) in [6.07, 6.45) is 0.833. The van der Waals surface area contributed by atoms with Crippen LogP contribution in [0.25, 0.3) is 0 Å². The highest BCUT2D eigenvalue weighted by Crippen LogP contribution is 2.28. The fourth-order valence-electron chi connectivity index (χ4n) is 2.40. The van der Waals surface area contributed by atoms with E-state index < -0.39 is 4.92 Å². The minimum Gasteiger partial charge on any atom is -0.287 e. The normalized spacial score (nSPS) is 16.0. The molecule has 128 valence electrons. The highest BCUT2D eigenvalue weighted by molar-refractivity contribution is 8.13. The van der Waals surface area contributed by atoms with Crippen LogP contribution in [0.2, 0.25) is 5.02 Å². The minimum atomic E-state index is -0.594. The molecular formula is C17H14ClN3O3S. The second kappa shape index (κ2) is 7.67. The molecule has 1 heterocycles. The van der Waals surface area contributed by atoms with E-state index >= 15 is 0 Å². The van der Waals surface area contributed by atoms with E-state index in [0.717, 1.165) is 17.9 Å². The van der Waals surface area contributed by atoms with Crippen molar-refractivity contribution in [3.05, 3.63) is 69.2 Å². The monoisotopic (exact) mass is 375 g/mol. The van der Waals surface area contributed by atoms with Gasteiger partial charge in [0.15, 0.2) is 5.17 Å². The van der Waals surface area contributed by atoms with Gasteiger partial charge in [-0.3, -0.25) is 19.8 Å². The van der Waals surface area contributed by atoms with Gasteiger partial charge in [0, 0.05) is 23.9 Å². The van der Waals surface area contributed by atoms with Crippen LogP contribution in [0.5, 0.6) is 0 Å². The Balaban J connectivity index is 1.93. The zero-order valence-corrected chi connectivity index (χ0v) is 14.7. The molecule has 0 aromatic heterocycles. The fraction of sp³-hybridized carbons (Fsp3) is 0.176. The lowest BCUT2D eigenvalue weighted by Gasteiger charge is -2.27. The number of nitro benzene ring substituents is 1. The average Bonchev–Trinajstić information content (AvgIpc) is 2.62. The number of aliphatic imine (C=N–C) groups is 1. The van der Waals surface area contributed by atoms with Gasteiger partial charge < -0.3 is 0 Å². The third-order valence-corrected chi connectivity index (χ3v) is 4.99. The molecule has 3 rings (SSSR count). The maximum Gasteiger partial charge on any atom is 0.288 e. The van der Waals surface area contributed by atoms with Gasteiger partial charge in [-0.1, -0.05) is 41.6 Å². The van der Waals surface area contributed by atoms with Gasteiger partial charge in [0.1, 0.15) is 5.02 Å². The Hall–Kier alpha value is -2.38. The lowest BCUT2D eigenvalue weighted by Crippen LogP contribution is -2.39. The Morgan fingerprint density at radius 1 is 1.24 bits per heavy atom. The number of halogens is 1. The van der Waals surface area contributed by atoms with Gasteiger partial charge in [-0.05, 0) is 30.7 Å². The Morgan fingerprint density at radius 3 is 2.72 bits per heavy atom. The van der Waals surface area contributed by atoms with Crippen molar-refractivity contribution < 1.29 is 9.72 Å². The van der Waals surface area contributed by atoms with Crippen LogP contribution >= 0.6 is 23.4 Å². The number of rotatable bonds is 3. The Labute approximate surface area is 153 Å². The van der Waals surface area contributed by atoms with Crippen LogP contribution in [0.15, 0.2) is 53.5 Å². The van der Waals surface area contributed by atoms with Crippen molar-refractivity contribution in [3.8, 4) is 0 Å². The molecule has 0 atom stereocenters. The number of amides is 1. The zero-order valence-electron chi connectivity index (χ0n) is 13.1. The number of carbonyl (C=O) groups excluding carboxylic acids is 1. The van der Waals surface area contributed by atoms with Crippen LogP contribution in [0, 0.1) is 10.1 Å². The van der Waals surface area contributed by atoms with E-state index in [9.17, 15) is 14.9 Å². The fourth-order valence-corrected chi connectivity index (χ4v) is 3.54. The summed E-state index contributed by atoms with van der Waals surface area (Å²) in [7, 11) is 0. The number of nitro groups is 1. The first kappa shape index (κ1) is 17.4. The third kappa shape index (κ3) is 4.00. The molecule has 1 saturated heterocycles. The van der Waals surface area contributed by atoms with Gasteiger partial charge in [0.2, 0.25) is 0 Å². The number of benzene rings is 2. The van der Waals surface area contributed by atoms with E-state index in [1.807, 2.05) is 30.3 Å². The molecule has 1 amide bonds. The van der Waals surface area contributed by atoms with E-state index in [1.54, 1.807) is 4.90 Å². The van der Waals surface area contributed by atoms with Crippen molar-refractivity contribution in [2.24, 2.45) is 4.99 Å². The first-order valence-corrected chi connectivity index (χ1v) is 8.95. The largest absolute Gasteiger partial charge is 0.288 e. The molecule has 8 heteroatoms. The van der Waals surface area contributed by atoms with Gasteiger partial charge in [0.25, 0.3) is 11.6 Å². The van der Waals surface area contributed by atoms with Crippen molar-refractivity contribution in [1.29, 1.82) is 0 Å². The number of hydrogen-bond acceptors (Lipinski definition) is 5. The predicted octanol–water partition coefficient (Wildman–Crippen LogP) is 4.52. The Bertz CT molecular complexity index is 842. The lowest BCUT2D eigenvalue weighted by molar-refractivity contribution is -0.384. The highest BCUT2D eigenvalue weighted by atomic mass is 35.5. The van der Waals surface area contributed by atoms with E-state index in [0.29, 0.717) is 11.7 Å². The summed E-state index contributed by atoms with van der Waals surface area (Å²) in [5.41, 5.74) is 0.699. The molecule has 1 fully saturated rings. The van der Waals surface area contributed by atoms with Crippen molar-refractivity contribution in [3.63, 3.8) is 0 Å².